The molecule has 3 heteroatoms. The van der Waals surface area contributed by atoms with E-state index in [-0.39, 0.29) is 63.4 Å². The second-order valence-electron chi connectivity index (χ2n) is 10.2. The monoisotopic (exact) mass is 814 g/mol. The Hall–Kier alpha value is 2.40. The van der Waals surface area contributed by atoms with Crippen LogP contribution in [0.3, 0.4) is 0 Å². The van der Waals surface area contributed by atoms with Crippen molar-refractivity contribution in [2.24, 2.45) is 0 Å². The van der Waals surface area contributed by atoms with E-state index in [2.05, 4.69) is 41.5 Å². The topological polar surface area (TPSA) is 0 Å². The van der Waals surface area contributed by atoms with Crippen LogP contribution in [0.4, 0.5) is 0 Å². The van der Waals surface area contributed by atoms with Gasteiger partial charge in [-0.05, 0) is 0 Å². The molecule has 0 saturated heterocycles. The molecule has 0 amide bonds. The van der Waals surface area contributed by atoms with Crippen LogP contribution in [-0.2, 0) is 0 Å². The Morgan fingerprint density at radius 2 is 0.429 bits per heavy atom. The standard InChI is InChI=1S/2C8H17.4C4H9.3Sn/c2*1-3-5-7-8-6-4-2;4*1-3-4-2;;;/h2*1,3-8H2,2H3;4*1,3-4H2,2H3;;;. The molecule has 0 rings (SSSR count). The van der Waals surface area contributed by atoms with Crippen molar-refractivity contribution in [3.63, 3.8) is 0 Å². The molecular formula is C32H70Sn3. The van der Waals surface area contributed by atoms with Gasteiger partial charge in [0.25, 0.3) is 0 Å². The van der Waals surface area contributed by atoms with Gasteiger partial charge < -0.3 is 0 Å². The molecule has 0 saturated carbocycles. The molecule has 35 heavy (non-hydrogen) atoms. The second kappa shape index (κ2) is 46.3. The van der Waals surface area contributed by atoms with Crippen LogP contribution in [0.1, 0.15) is 170 Å². The van der Waals surface area contributed by atoms with Gasteiger partial charge in [0.05, 0.1) is 0 Å². The van der Waals surface area contributed by atoms with Gasteiger partial charge in [-0.1, -0.05) is 0 Å². The average Bonchev–Trinajstić information content (AvgIpc) is 2.87. The molecule has 0 nitrogen and oxygen atoms in total. The van der Waals surface area contributed by atoms with Crippen LogP contribution >= 0.6 is 0 Å². The van der Waals surface area contributed by atoms with Gasteiger partial charge >= 0.3 is 260 Å². The molecule has 0 bridgehead atoms. The third-order valence-corrected chi connectivity index (χ3v) is 18.4. The Morgan fingerprint density at radius 1 is 0.229 bits per heavy atom. The maximum absolute atomic E-state index is 2.30. The van der Waals surface area contributed by atoms with Crippen molar-refractivity contribution in [3.05, 3.63) is 0 Å². The van der Waals surface area contributed by atoms with E-state index in [0.29, 0.717) is 0 Å². The van der Waals surface area contributed by atoms with Crippen LogP contribution in [0.25, 0.3) is 0 Å². The molecule has 0 spiro atoms. The molecule has 0 heterocycles. The zero-order chi connectivity index (χ0) is 26.5. The van der Waals surface area contributed by atoms with Gasteiger partial charge in [-0.25, -0.2) is 0 Å². The summed E-state index contributed by atoms with van der Waals surface area (Å²) in [5.74, 6) is 0. The summed E-state index contributed by atoms with van der Waals surface area (Å²) in [4.78, 5) is 0. The predicted molar refractivity (Wildman–Crippen MR) is 172 cm³/mol. The third kappa shape index (κ3) is 53.4. The van der Waals surface area contributed by atoms with Crippen LogP contribution in [0, 0.1) is 0 Å². The first-order chi connectivity index (χ1) is 17.2. The average molecular weight is 811 g/mol. The third-order valence-electron chi connectivity index (χ3n) is 6.24. The molecule has 0 aromatic rings. The van der Waals surface area contributed by atoms with Gasteiger partial charge in [0.1, 0.15) is 0 Å². The molecule has 6 radical (unpaired) electrons. The zero-order valence-corrected chi connectivity index (χ0v) is 34.4. The van der Waals surface area contributed by atoms with E-state index < -0.39 is 0 Å². The molecule has 0 aliphatic carbocycles. The minimum atomic E-state index is 0.0736. The fourth-order valence-corrected chi connectivity index (χ4v) is 15.5. The van der Waals surface area contributed by atoms with Crippen LogP contribution in [0.2, 0.25) is 26.6 Å². The quantitative estimate of drug-likeness (QED) is 0.0603. The molecule has 0 atom stereocenters. The van der Waals surface area contributed by atoms with Crippen molar-refractivity contribution in [2.75, 3.05) is 0 Å². The molecule has 0 N–H and O–H groups in total. The minimum absolute atomic E-state index is 0.0736. The number of rotatable bonds is 26. The summed E-state index contributed by atoms with van der Waals surface area (Å²) in [6.45, 7) is 13.8. The van der Waals surface area contributed by atoms with E-state index in [4.69, 9.17) is 0 Å². The molecule has 0 aliphatic heterocycles. The first-order valence-electron chi connectivity index (χ1n) is 16.4. The van der Waals surface area contributed by atoms with Gasteiger partial charge in [-0.2, -0.15) is 0 Å². The first kappa shape index (κ1) is 41.9. The molecule has 0 aromatic carbocycles. The summed E-state index contributed by atoms with van der Waals surface area (Å²) in [5.41, 5.74) is 0. The Kier molecular flexibility index (Phi) is 55.3. The predicted octanol–water partition coefficient (Wildman–Crippen LogP) is 12.5. The van der Waals surface area contributed by atoms with E-state index >= 15 is 0 Å². The molecule has 0 aliphatic rings. The fraction of sp³-hybridized carbons (Fsp3) is 1.00. The summed E-state index contributed by atoms with van der Waals surface area (Å²) in [5, 5.41) is 0. The first-order valence-corrected chi connectivity index (χ1v) is 28.5. The zero-order valence-electron chi connectivity index (χ0n) is 25.9. The van der Waals surface area contributed by atoms with Gasteiger partial charge in [0, 0.05) is 0 Å². The van der Waals surface area contributed by atoms with Crippen molar-refractivity contribution in [3.8, 4) is 0 Å². The SMILES string of the molecule is CCCCCCC[CH2][Sn][CH2]CCCCCCC.CCC[CH2][Sn][CH2]CCC.CCC[CH2][Sn][CH2]CCC. The number of unbranched alkanes of at least 4 members (excludes halogenated alkanes) is 14. The van der Waals surface area contributed by atoms with Crippen molar-refractivity contribution >= 4 is 63.4 Å². The summed E-state index contributed by atoms with van der Waals surface area (Å²) >= 11 is 0.373. The number of hydrogen-bond acceptors (Lipinski definition) is 0. The molecule has 210 valence electrons. The molecule has 0 unspecified atom stereocenters. The van der Waals surface area contributed by atoms with E-state index in [9.17, 15) is 0 Å². The second-order valence-corrected chi connectivity index (χ2v) is 23.0. The Morgan fingerprint density at radius 3 is 0.686 bits per heavy atom. The fourth-order valence-electron chi connectivity index (χ4n) is 3.64. The van der Waals surface area contributed by atoms with Gasteiger partial charge in [0.15, 0.2) is 0 Å². The van der Waals surface area contributed by atoms with E-state index in [1.807, 2.05) is 0 Å². The Balaban J connectivity index is -0.000000481. The van der Waals surface area contributed by atoms with Crippen molar-refractivity contribution < 1.29 is 0 Å². The van der Waals surface area contributed by atoms with Crippen LogP contribution < -0.4 is 0 Å². The van der Waals surface area contributed by atoms with Crippen molar-refractivity contribution in [2.45, 2.75) is 197 Å². The Labute approximate surface area is 257 Å². The van der Waals surface area contributed by atoms with Crippen LogP contribution in [-0.4, -0.2) is 63.4 Å². The van der Waals surface area contributed by atoms with Crippen molar-refractivity contribution in [1.29, 1.82) is 0 Å². The van der Waals surface area contributed by atoms with Gasteiger partial charge in [0.2, 0.25) is 0 Å². The normalized spacial score (nSPS) is 10.5. The Bertz CT molecular complexity index is 257. The summed E-state index contributed by atoms with van der Waals surface area (Å²) < 4.78 is 9.81. The summed E-state index contributed by atoms with van der Waals surface area (Å²) in [6, 6.07) is 0. The van der Waals surface area contributed by atoms with E-state index in [0.717, 1.165) is 0 Å². The van der Waals surface area contributed by atoms with Crippen LogP contribution in [0.5, 0.6) is 0 Å². The van der Waals surface area contributed by atoms with Crippen molar-refractivity contribution in [1.82, 2.24) is 0 Å². The van der Waals surface area contributed by atoms with Crippen LogP contribution in [0.15, 0.2) is 0 Å². The molecule has 0 fully saturated rings. The number of hydrogen-bond donors (Lipinski definition) is 0. The summed E-state index contributed by atoms with van der Waals surface area (Å²) in [7, 11) is 0. The molecule has 0 aromatic heterocycles. The van der Waals surface area contributed by atoms with E-state index in [1.165, 1.54) is 116 Å². The maximum atomic E-state index is 2.30. The van der Waals surface area contributed by atoms with E-state index in [1.54, 1.807) is 39.5 Å². The molecular weight excluding hydrogens is 740 g/mol. The van der Waals surface area contributed by atoms with Gasteiger partial charge in [-0.15, -0.1) is 0 Å². The summed E-state index contributed by atoms with van der Waals surface area (Å²) in [6.07, 6.45) is 29.5. The van der Waals surface area contributed by atoms with Gasteiger partial charge in [-0.3, -0.25) is 0 Å².